The second-order valence-electron chi connectivity index (χ2n) is 6.63. The Hall–Kier alpha value is -3.43. The lowest BCUT2D eigenvalue weighted by atomic mass is 10.0. The number of carbonyl (C=O) groups is 2. The van der Waals surface area contributed by atoms with E-state index in [4.69, 9.17) is 17.3 Å². The molecule has 0 spiro atoms. The first kappa shape index (κ1) is 23.2. The molecule has 0 aromatic heterocycles. The second-order valence-corrected chi connectivity index (χ2v) is 8.93. The van der Waals surface area contributed by atoms with Gasteiger partial charge in [-0.2, -0.15) is 0 Å². The van der Waals surface area contributed by atoms with Gasteiger partial charge in [-0.3, -0.25) is 13.9 Å². The summed E-state index contributed by atoms with van der Waals surface area (Å²) in [7, 11) is -3.25. The molecule has 0 saturated heterocycles. The standard InChI is InChI=1S/C22H18ClFN2O5S/c1-31-21(27)13-26(32(29,30)16-9-7-15(25)8-10-16)20-11-6-14(23)12-18(20)22(28)17-4-2-3-5-19(17)24/h2-12H,13,25H2,1H3. The third kappa shape index (κ3) is 4.74. The SMILES string of the molecule is COC(=O)CN(c1ccc(Cl)cc1C(=O)c1ccccc1F)S(=O)(=O)c1ccc(N)cc1. The average Bonchev–Trinajstić information content (AvgIpc) is 2.77. The molecule has 0 fully saturated rings. The first-order valence-corrected chi connectivity index (χ1v) is 11.0. The fraction of sp³-hybridized carbons (Fsp3) is 0.0909. The highest BCUT2D eigenvalue weighted by Gasteiger charge is 2.31. The molecule has 0 amide bonds. The van der Waals surface area contributed by atoms with Crippen LogP contribution in [0.2, 0.25) is 5.02 Å². The first-order valence-electron chi connectivity index (χ1n) is 9.19. The van der Waals surface area contributed by atoms with Crippen LogP contribution >= 0.6 is 11.6 Å². The maximum Gasteiger partial charge on any atom is 0.326 e. The number of carbonyl (C=O) groups excluding carboxylic acids is 2. The molecule has 10 heteroatoms. The van der Waals surface area contributed by atoms with E-state index in [-0.39, 0.29) is 26.7 Å². The minimum absolute atomic E-state index is 0.122. The van der Waals surface area contributed by atoms with Crippen LogP contribution < -0.4 is 10.0 Å². The molecule has 0 aliphatic rings. The number of nitrogen functional groups attached to an aromatic ring is 1. The molecule has 0 heterocycles. The number of hydrogen-bond donors (Lipinski definition) is 1. The van der Waals surface area contributed by atoms with Crippen molar-refractivity contribution < 1.29 is 27.1 Å². The van der Waals surface area contributed by atoms with Crippen LogP contribution in [-0.2, 0) is 19.6 Å². The topological polar surface area (TPSA) is 107 Å². The Labute approximate surface area is 189 Å². The number of methoxy groups -OCH3 is 1. The van der Waals surface area contributed by atoms with E-state index in [0.717, 1.165) is 17.5 Å². The van der Waals surface area contributed by atoms with Gasteiger partial charge in [-0.1, -0.05) is 23.7 Å². The van der Waals surface area contributed by atoms with E-state index in [2.05, 4.69) is 4.74 Å². The summed E-state index contributed by atoms with van der Waals surface area (Å²) in [5, 5.41) is 0.122. The summed E-state index contributed by atoms with van der Waals surface area (Å²) < 4.78 is 46.5. The zero-order valence-corrected chi connectivity index (χ0v) is 18.4. The third-order valence-corrected chi connectivity index (χ3v) is 6.57. The normalized spacial score (nSPS) is 11.1. The van der Waals surface area contributed by atoms with Gasteiger partial charge in [-0.15, -0.1) is 0 Å². The number of esters is 1. The number of ether oxygens (including phenoxy) is 1. The van der Waals surface area contributed by atoms with Gasteiger partial charge in [0.15, 0.2) is 5.78 Å². The Morgan fingerprint density at radius 2 is 1.69 bits per heavy atom. The van der Waals surface area contributed by atoms with Crippen molar-refractivity contribution in [3.63, 3.8) is 0 Å². The molecule has 166 valence electrons. The van der Waals surface area contributed by atoms with Crippen LogP contribution in [0.15, 0.2) is 71.6 Å². The highest BCUT2D eigenvalue weighted by molar-refractivity contribution is 7.92. The molecular weight excluding hydrogens is 459 g/mol. The number of anilines is 2. The minimum Gasteiger partial charge on any atom is -0.468 e. The number of nitrogens with zero attached hydrogens (tertiary/aromatic N) is 1. The lowest BCUT2D eigenvalue weighted by Crippen LogP contribution is -2.37. The van der Waals surface area contributed by atoms with Crippen molar-refractivity contribution in [2.45, 2.75) is 4.90 Å². The largest absolute Gasteiger partial charge is 0.468 e. The van der Waals surface area contributed by atoms with E-state index in [1.54, 1.807) is 0 Å². The molecule has 7 nitrogen and oxygen atoms in total. The molecular formula is C22H18ClFN2O5S. The van der Waals surface area contributed by atoms with Gasteiger partial charge in [0, 0.05) is 16.3 Å². The molecule has 3 rings (SSSR count). The fourth-order valence-corrected chi connectivity index (χ4v) is 4.55. The average molecular weight is 477 g/mol. The molecule has 0 radical (unpaired) electrons. The monoisotopic (exact) mass is 476 g/mol. The van der Waals surface area contributed by atoms with Crippen molar-refractivity contribution in [2.24, 2.45) is 0 Å². The van der Waals surface area contributed by atoms with Crippen molar-refractivity contribution in [3.8, 4) is 0 Å². The number of hydrogen-bond acceptors (Lipinski definition) is 6. The summed E-state index contributed by atoms with van der Waals surface area (Å²) in [5.41, 5.74) is 5.34. The van der Waals surface area contributed by atoms with E-state index in [9.17, 15) is 22.4 Å². The zero-order chi connectivity index (χ0) is 23.5. The van der Waals surface area contributed by atoms with Crippen molar-refractivity contribution in [1.29, 1.82) is 0 Å². The highest BCUT2D eigenvalue weighted by Crippen LogP contribution is 2.31. The number of halogens is 2. The van der Waals surface area contributed by atoms with Gasteiger partial charge in [-0.05, 0) is 54.6 Å². The molecule has 0 unspecified atom stereocenters. The molecule has 2 N–H and O–H groups in total. The van der Waals surface area contributed by atoms with Crippen molar-refractivity contribution in [3.05, 3.63) is 88.7 Å². The van der Waals surface area contributed by atoms with Crippen molar-refractivity contribution >= 4 is 44.8 Å². The number of sulfonamides is 1. The smallest absolute Gasteiger partial charge is 0.326 e. The molecule has 32 heavy (non-hydrogen) atoms. The number of nitrogens with two attached hydrogens (primary N) is 1. The quantitative estimate of drug-likeness (QED) is 0.317. The van der Waals surface area contributed by atoms with Crippen LogP contribution in [0.1, 0.15) is 15.9 Å². The van der Waals surface area contributed by atoms with Crippen LogP contribution in [0.4, 0.5) is 15.8 Å². The van der Waals surface area contributed by atoms with E-state index in [0.29, 0.717) is 5.69 Å². The Bertz CT molecular complexity index is 1280. The molecule has 3 aromatic carbocycles. The lowest BCUT2D eigenvalue weighted by Gasteiger charge is -2.25. The molecule has 0 atom stereocenters. The van der Waals surface area contributed by atoms with Gasteiger partial charge in [0.05, 0.1) is 23.3 Å². The predicted octanol–water partition coefficient (Wildman–Crippen LogP) is 3.66. The second kappa shape index (κ2) is 9.37. The molecule has 0 saturated carbocycles. The summed E-state index contributed by atoms with van der Waals surface area (Å²) in [6.07, 6.45) is 0. The van der Waals surface area contributed by atoms with Gasteiger partial charge in [0.1, 0.15) is 12.4 Å². The lowest BCUT2D eigenvalue weighted by molar-refractivity contribution is -0.138. The van der Waals surface area contributed by atoms with E-state index in [1.165, 1.54) is 60.7 Å². The number of ketones is 1. The van der Waals surface area contributed by atoms with Gasteiger partial charge in [0.25, 0.3) is 10.0 Å². The summed E-state index contributed by atoms with van der Waals surface area (Å²) >= 11 is 6.06. The van der Waals surface area contributed by atoms with Crippen molar-refractivity contribution in [1.82, 2.24) is 0 Å². The van der Waals surface area contributed by atoms with Crippen LogP contribution in [0.5, 0.6) is 0 Å². The van der Waals surface area contributed by atoms with Crippen molar-refractivity contribution in [2.75, 3.05) is 23.7 Å². The third-order valence-electron chi connectivity index (χ3n) is 4.56. The van der Waals surface area contributed by atoms with Gasteiger partial charge >= 0.3 is 5.97 Å². The number of rotatable bonds is 7. The summed E-state index contributed by atoms with van der Waals surface area (Å²) in [4.78, 5) is 25.1. The highest BCUT2D eigenvalue weighted by atomic mass is 35.5. The van der Waals surface area contributed by atoms with Crippen LogP contribution in [0, 0.1) is 5.82 Å². The Morgan fingerprint density at radius 3 is 2.31 bits per heavy atom. The van der Waals surface area contributed by atoms with Gasteiger partial charge in [-0.25, -0.2) is 12.8 Å². The molecule has 0 aliphatic heterocycles. The first-order chi connectivity index (χ1) is 15.1. The fourth-order valence-electron chi connectivity index (χ4n) is 2.95. The number of benzene rings is 3. The van der Waals surface area contributed by atoms with Crippen LogP contribution in [0.25, 0.3) is 0 Å². The maximum atomic E-state index is 14.3. The summed E-state index contributed by atoms with van der Waals surface area (Å²) in [6, 6.07) is 14.4. The Morgan fingerprint density at radius 1 is 1.03 bits per heavy atom. The van der Waals surface area contributed by atoms with E-state index in [1.807, 2.05) is 0 Å². The summed E-state index contributed by atoms with van der Waals surface area (Å²) in [6.45, 7) is -0.734. The van der Waals surface area contributed by atoms with E-state index >= 15 is 0 Å². The van der Waals surface area contributed by atoms with Crippen LogP contribution in [0.3, 0.4) is 0 Å². The minimum atomic E-state index is -4.35. The zero-order valence-electron chi connectivity index (χ0n) is 16.8. The molecule has 0 bridgehead atoms. The maximum absolute atomic E-state index is 14.3. The Kier molecular flexibility index (Phi) is 6.81. The van der Waals surface area contributed by atoms with Gasteiger partial charge in [0.2, 0.25) is 0 Å². The van der Waals surface area contributed by atoms with Gasteiger partial charge < -0.3 is 10.5 Å². The molecule has 3 aromatic rings. The van der Waals surface area contributed by atoms with E-state index < -0.39 is 34.1 Å². The summed E-state index contributed by atoms with van der Waals surface area (Å²) in [5.74, 6) is -2.46. The molecule has 0 aliphatic carbocycles. The van der Waals surface area contributed by atoms with Crippen LogP contribution in [-0.4, -0.2) is 33.8 Å². The predicted molar refractivity (Wildman–Crippen MR) is 119 cm³/mol. The Balaban J connectivity index is 2.22.